The number of halogens is 3. The second-order valence-corrected chi connectivity index (χ2v) is 8.61. The highest BCUT2D eigenvalue weighted by Crippen LogP contribution is 2.38. The lowest BCUT2D eigenvalue weighted by atomic mass is 9.92. The molecule has 2 atom stereocenters. The summed E-state index contributed by atoms with van der Waals surface area (Å²) in [4.78, 5) is 42.4. The second kappa shape index (κ2) is 9.69. The maximum absolute atomic E-state index is 13.1. The average Bonchev–Trinajstić information content (AvgIpc) is 3.01. The first-order chi connectivity index (χ1) is 15.5. The molecule has 3 rings (SSSR count). The average molecular weight is 482 g/mol. The highest BCUT2D eigenvalue weighted by molar-refractivity contribution is 8.00. The van der Waals surface area contributed by atoms with Gasteiger partial charge in [-0.1, -0.05) is 6.92 Å². The molecule has 1 aromatic heterocycles. The van der Waals surface area contributed by atoms with Crippen LogP contribution in [0.25, 0.3) is 0 Å². The van der Waals surface area contributed by atoms with Gasteiger partial charge in [-0.25, -0.2) is 14.5 Å². The quantitative estimate of drug-likeness (QED) is 0.450. The van der Waals surface area contributed by atoms with Crippen molar-refractivity contribution in [3.8, 4) is 0 Å². The first-order valence-corrected chi connectivity index (χ1v) is 10.7. The summed E-state index contributed by atoms with van der Waals surface area (Å²) in [5.74, 6) is -1.14. The fourth-order valence-electron chi connectivity index (χ4n) is 3.32. The maximum atomic E-state index is 13.1. The zero-order valence-corrected chi connectivity index (χ0v) is 18.7. The SMILES string of the molecule is CC(C)OC(=O)Nc1cnccc1C(C)C1NC(=O)N(c2ccc(SC(F)(F)F)cc2)C1=O. The molecule has 1 saturated heterocycles. The van der Waals surface area contributed by atoms with Crippen LogP contribution in [0.1, 0.15) is 32.3 Å². The molecular formula is C21H21F3N4O4S. The highest BCUT2D eigenvalue weighted by atomic mass is 32.2. The Hall–Kier alpha value is -3.28. The van der Waals surface area contributed by atoms with Crippen LogP contribution in [0.5, 0.6) is 0 Å². The number of nitrogens with zero attached hydrogens (tertiary/aromatic N) is 2. The van der Waals surface area contributed by atoms with E-state index < -0.39 is 35.5 Å². The molecule has 2 heterocycles. The van der Waals surface area contributed by atoms with E-state index in [1.807, 2.05) is 0 Å². The largest absolute Gasteiger partial charge is 0.447 e. The molecule has 2 aromatic rings. The number of hydrogen-bond acceptors (Lipinski definition) is 6. The van der Waals surface area contributed by atoms with Crippen LogP contribution in [0, 0.1) is 0 Å². The molecule has 2 unspecified atom stereocenters. The minimum atomic E-state index is -4.44. The predicted molar refractivity (Wildman–Crippen MR) is 116 cm³/mol. The van der Waals surface area contributed by atoms with Crippen molar-refractivity contribution in [2.45, 2.75) is 49.2 Å². The minimum Gasteiger partial charge on any atom is -0.447 e. The molecule has 33 heavy (non-hydrogen) atoms. The second-order valence-electron chi connectivity index (χ2n) is 7.47. The van der Waals surface area contributed by atoms with Crippen molar-refractivity contribution < 1.29 is 32.3 Å². The lowest BCUT2D eigenvalue weighted by Crippen LogP contribution is -2.35. The number of benzene rings is 1. The molecule has 12 heteroatoms. The molecule has 0 aliphatic carbocycles. The highest BCUT2D eigenvalue weighted by Gasteiger charge is 2.43. The van der Waals surface area contributed by atoms with E-state index in [9.17, 15) is 27.6 Å². The topological polar surface area (TPSA) is 101 Å². The summed E-state index contributed by atoms with van der Waals surface area (Å²) in [6.45, 7) is 5.09. The Morgan fingerprint density at radius 3 is 2.45 bits per heavy atom. The Balaban J connectivity index is 1.79. The summed E-state index contributed by atoms with van der Waals surface area (Å²) >= 11 is -0.288. The Labute approximate surface area is 191 Å². The van der Waals surface area contributed by atoms with Gasteiger partial charge in [0.25, 0.3) is 5.91 Å². The van der Waals surface area contributed by atoms with Gasteiger partial charge in [-0.05, 0) is 61.5 Å². The van der Waals surface area contributed by atoms with Crippen LogP contribution in [-0.2, 0) is 9.53 Å². The third kappa shape index (κ3) is 5.95. The standard InChI is InChI=1S/C21H21F3N4O4S/c1-11(2)32-20(31)26-16-10-25-9-8-15(16)12(3)17-18(29)28(19(30)27-17)13-4-6-14(7-5-13)33-21(22,23)24/h4-12,17H,1-3H3,(H,26,31)(H,27,30). The smallest absolute Gasteiger partial charge is 0.446 e. The zero-order valence-electron chi connectivity index (χ0n) is 17.8. The van der Waals surface area contributed by atoms with Gasteiger partial charge in [-0.15, -0.1) is 0 Å². The van der Waals surface area contributed by atoms with Gasteiger partial charge in [-0.2, -0.15) is 13.2 Å². The molecule has 0 spiro atoms. The van der Waals surface area contributed by atoms with Crippen molar-refractivity contribution >= 4 is 41.2 Å². The van der Waals surface area contributed by atoms with E-state index in [-0.39, 0.29) is 28.4 Å². The summed E-state index contributed by atoms with van der Waals surface area (Å²) in [6, 6.07) is 4.88. The van der Waals surface area contributed by atoms with Crippen LogP contribution in [-0.4, -0.2) is 40.7 Å². The molecule has 2 N–H and O–H groups in total. The lowest BCUT2D eigenvalue weighted by Gasteiger charge is -2.21. The lowest BCUT2D eigenvalue weighted by molar-refractivity contribution is -0.118. The number of amides is 4. The Morgan fingerprint density at radius 1 is 1.18 bits per heavy atom. The molecule has 0 saturated carbocycles. The summed E-state index contributed by atoms with van der Waals surface area (Å²) in [7, 11) is 0. The number of imide groups is 1. The van der Waals surface area contributed by atoms with Crippen molar-refractivity contribution in [1.29, 1.82) is 0 Å². The van der Waals surface area contributed by atoms with E-state index in [0.29, 0.717) is 11.3 Å². The van der Waals surface area contributed by atoms with Gasteiger partial charge in [0.2, 0.25) is 0 Å². The third-order valence-electron chi connectivity index (χ3n) is 4.72. The number of pyridine rings is 1. The number of thioether (sulfide) groups is 1. The maximum Gasteiger partial charge on any atom is 0.446 e. The molecule has 1 aliphatic heterocycles. The van der Waals surface area contributed by atoms with E-state index in [0.717, 1.165) is 4.90 Å². The van der Waals surface area contributed by atoms with Crippen molar-refractivity contribution in [2.24, 2.45) is 0 Å². The van der Waals surface area contributed by atoms with Gasteiger partial charge in [-0.3, -0.25) is 15.1 Å². The van der Waals surface area contributed by atoms with Gasteiger partial charge in [0.1, 0.15) is 6.04 Å². The Kier molecular flexibility index (Phi) is 7.15. The molecule has 1 fully saturated rings. The summed E-state index contributed by atoms with van der Waals surface area (Å²) in [6.07, 6.45) is 1.86. The van der Waals surface area contributed by atoms with Crippen LogP contribution in [0.15, 0.2) is 47.6 Å². The first-order valence-electron chi connectivity index (χ1n) is 9.88. The molecule has 8 nitrogen and oxygen atoms in total. The Bertz CT molecular complexity index is 1050. The van der Waals surface area contributed by atoms with Gasteiger partial charge < -0.3 is 10.1 Å². The van der Waals surface area contributed by atoms with Gasteiger partial charge in [0.15, 0.2) is 0 Å². The fraction of sp³-hybridized carbons (Fsp3) is 0.333. The molecule has 0 radical (unpaired) electrons. The molecular weight excluding hydrogens is 461 g/mol. The number of urea groups is 1. The van der Waals surface area contributed by atoms with Crippen molar-refractivity contribution in [1.82, 2.24) is 10.3 Å². The van der Waals surface area contributed by atoms with Crippen LogP contribution < -0.4 is 15.5 Å². The van der Waals surface area contributed by atoms with Crippen molar-refractivity contribution in [3.05, 3.63) is 48.3 Å². The number of anilines is 2. The van der Waals surface area contributed by atoms with E-state index >= 15 is 0 Å². The summed E-state index contributed by atoms with van der Waals surface area (Å²) in [5.41, 5.74) is -3.43. The van der Waals surface area contributed by atoms with Crippen molar-refractivity contribution in [2.75, 3.05) is 10.2 Å². The first kappa shape index (κ1) is 24.4. The van der Waals surface area contributed by atoms with Crippen molar-refractivity contribution in [3.63, 3.8) is 0 Å². The number of alkyl halides is 3. The normalized spacial score (nSPS) is 17.2. The molecule has 1 aliphatic rings. The number of carbonyl (C=O) groups excluding carboxylic acids is 3. The van der Waals surface area contributed by atoms with E-state index in [1.54, 1.807) is 26.8 Å². The Morgan fingerprint density at radius 2 is 1.85 bits per heavy atom. The van der Waals surface area contributed by atoms with E-state index in [2.05, 4.69) is 15.6 Å². The van der Waals surface area contributed by atoms with Gasteiger partial charge in [0, 0.05) is 17.0 Å². The molecule has 176 valence electrons. The van der Waals surface area contributed by atoms with E-state index in [1.165, 1.54) is 36.7 Å². The fourth-order valence-corrected chi connectivity index (χ4v) is 3.86. The van der Waals surface area contributed by atoms with Crippen LogP contribution >= 0.6 is 11.8 Å². The predicted octanol–water partition coefficient (Wildman–Crippen LogP) is 4.88. The number of carbonyl (C=O) groups is 3. The summed E-state index contributed by atoms with van der Waals surface area (Å²) < 4.78 is 42.7. The van der Waals surface area contributed by atoms with Crippen LogP contribution in [0.2, 0.25) is 0 Å². The van der Waals surface area contributed by atoms with Gasteiger partial charge >= 0.3 is 17.6 Å². The zero-order chi connectivity index (χ0) is 24.3. The minimum absolute atomic E-state index is 0.0657. The van der Waals surface area contributed by atoms with Crippen LogP contribution in [0.4, 0.5) is 34.1 Å². The van der Waals surface area contributed by atoms with E-state index in [4.69, 9.17) is 4.74 Å². The molecule has 0 bridgehead atoms. The monoisotopic (exact) mass is 482 g/mol. The van der Waals surface area contributed by atoms with Crippen LogP contribution in [0.3, 0.4) is 0 Å². The number of ether oxygens (including phenoxy) is 1. The molecule has 1 aromatic carbocycles. The number of rotatable bonds is 6. The summed E-state index contributed by atoms with van der Waals surface area (Å²) in [5, 5.41) is 5.19. The number of hydrogen-bond donors (Lipinski definition) is 2. The number of nitrogens with one attached hydrogen (secondary N) is 2. The number of aromatic nitrogens is 1. The third-order valence-corrected chi connectivity index (χ3v) is 5.46. The molecule has 4 amide bonds. The van der Waals surface area contributed by atoms with Gasteiger partial charge in [0.05, 0.1) is 23.7 Å².